The fourth-order valence-corrected chi connectivity index (χ4v) is 3.87. The highest BCUT2D eigenvalue weighted by Gasteiger charge is 2.47. The lowest BCUT2D eigenvalue weighted by Crippen LogP contribution is -2.34. The molecule has 0 bridgehead atoms. The number of carbonyl (C=O) groups is 2. The van der Waals surface area contributed by atoms with Crippen LogP contribution in [0.15, 0.2) is 18.2 Å². The van der Waals surface area contributed by atoms with E-state index in [1.54, 1.807) is 6.92 Å². The number of anilines is 1. The zero-order valence-corrected chi connectivity index (χ0v) is 15.5. The van der Waals surface area contributed by atoms with Gasteiger partial charge in [-0.05, 0) is 55.9 Å². The summed E-state index contributed by atoms with van der Waals surface area (Å²) >= 11 is 1.26. The number of nitrogens with zero attached hydrogens (tertiary/aromatic N) is 3. The van der Waals surface area contributed by atoms with E-state index in [1.165, 1.54) is 34.4 Å². The summed E-state index contributed by atoms with van der Waals surface area (Å²) in [5, 5.41) is 20.9. The summed E-state index contributed by atoms with van der Waals surface area (Å²) in [6.07, 6.45) is 1.72. The van der Waals surface area contributed by atoms with Gasteiger partial charge in [-0.15, -0.1) is 10.2 Å². The van der Waals surface area contributed by atoms with Gasteiger partial charge in [0, 0.05) is 24.1 Å². The third kappa shape index (κ3) is 3.92. The van der Waals surface area contributed by atoms with Crippen molar-refractivity contribution in [3.8, 4) is 0 Å². The summed E-state index contributed by atoms with van der Waals surface area (Å²) in [7, 11) is 0. The van der Waals surface area contributed by atoms with Gasteiger partial charge in [0.05, 0.1) is 0 Å². The fraction of sp³-hybridized carbons (Fsp3) is 0.444. The second kappa shape index (κ2) is 6.88. The third-order valence-corrected chi connectivity index (χ3v) is 5.71. The highest BCUT2D eigenvalue weighted by Crippen LogP contribution is 2.47. The average Bonchev–Trinajstić information content (AvgIpc) is 3.53. The molecule has 0 aliphatic heterocycles. The molecule has 1 aromatic carbocycles. The molecule has 2 aromatic rings. The lowest BCUT2D eigenvalue weighted by Gasteiger charge is -2.19. The van der Waals surface area contributed by atoms with Gasteiger partial charge in [0.2, 0.25) is 5.13 Å². The maximum absolute atomic E-state index is 14.3. The predicted octanol–water partition coefficient (Wildman–Crippen LogP) is 3.48. The Hall–Kier alpha value is -2.55. The van der Waals surface area contributed by atoms with Gasteiger partial charge in [-0.1, -0.05) is 11.3 Å². The molecule has 0 radical (unpaired) electrons. The number of nitrogens with one attached hydrogen (secondary N) is 1. The molecule has 2 aliphatic carbocycles. The Kier molecular flexibility index (Phi) is 4.55. The van der Waals surface area contributed by atoms with Crippen molar-refractivity contribution in [3.63, 3.8) is 0 Å². The zero-order valence-electron chi connectivity index (χ0n) is 14.7. The molecule has 2 amide bonds. The molecular weight excluding hydrogens is 371 g/mol. The first kappa shape index (κ1) is 17.8. The quantitative estimate of drug-likeness (QED) is 0.787. The molecule has 0 spiro atoms. The van der Waals surface area contributed by atoms with Crippen LogP contribution in [0.3, 0.4) is 0 Å². The first-order valence-electron chi connectivity index (χ1n) is 8.83. The summed E-state index contributed by atoms with van der Waals surface area (Å²) in [6.45, 7) is 2.29. The van der Waals surface area contributed by atoms with Gasteiger partial charge < -0.3 is 10.0 Å². The van der Waals surface area contributed by atoms with Crippen LogP contribution in [0.25, 0.3) is 0 Å². The van der Waals surface area contributed by atoms with Gasteiger partial charge in [0.1, 0.15) is 10.8 Å². The van der Waals surface area contributed by atoms with E-state index in [1.807, 2.05) is 0 Å². The molecule has 142 valence electrons. The van der Waals surface area contributed by atoms with Crippen LogP contribution in [0.5, 0.6) is 0 Å². The average molecular weight is 390 g/mol. The van der Waals surface area contributed by atoms with Crippen molar-refractivity contribution >= 4 is 28.5 Å². The number of aromatic nitrogens is 2. The van der Waals surface area contributed by atoms with Crippen molar-refractivity contribution in [3.05, 3.63) is 40.2 Å². The Labute approximate surface area is 159 Å². The van der Waals surface area contributed by atoms with Gasteiger partial charge in [-0.3, -0.25) is 10.1 Å². The minimum Gasteiger partial charge on any atom is -0.465 e. The summed E-state index contributed by atoms with van der Waals surface area (Å²) in [4.78, 5) is 25.4. The topological polar surface area (TPSA) is 95.4 Å². The zero-order chi connectivity index (χ0) is 19.1. The van der Waals surface area contributed by atoms with Gasteiger partial charge in [-0.25, -0.2) is 9.18 Å². The second-order valence-corrected chi connectivity index (χ2v) is 8.29. The van der Waals surface area contributed by atoms with Crippen LogP contribution in [-0.4, -0.2) is 44.8 Å². The third-order valence-electron chi connectivity index (χ3n) is 4.96. The summed E-state index contributed by atoms with van der Waals surface area (Å²) in [5.74, 6) is -0.587. The van der Waals surface area contributed by atoms with Crippen LogP contribution in [0.1, 0.15) is 46.1 Å². The smallest absolute Gasteiger partial charge is 0.407 e. The normalized spacial score (nSPS) is 21.0. The largest absolute Gasteiger partial charge is 0.465 e. The molecule has 9 heteroatoms. The van der Waals surface area contributed by atoms with E-state index >= 15 is 0 Å². The number of aryl methyl sites for hydroxylation is 1. The first-order valence-corrected chi connectivity index (χ1v) is 9.64. The molecule has 2 aliphatic rings. The highest BCUT2D eigenvalue weighted by molar-refractivity contribution is 7.15. The molecule has 1 aromatic heterocycles. The maximum Gasteiger partial charge on any atom is 0.407 e. The number of carboxylic acid groups (broad SMARTS) is 1. The molecular formula is C18H19FN4O3S. The second-order valence-electron chi connectivity index (χ2n) is 7.10. The van der Waals surface area contributed by atoms with Gasteiger partial charge in [-0.2, -0.15) is 0 Å². The Morgan fingerprint density at radius 2 is 2.15 bits per heavy atom. The Bertz CT molecular complexity index is 898. The van der Waals surface area contributed by atoms with E-state index in [4.69, 9.17) is 0 Å². The van der Waals surface area contributed by atoms with Crippen LogP contribution < -0.4 is 5.32 Å². The summed E-state index contributed by atoms with van der Waals surface area (Å²) in [6, 6.07) is 3.97. The Morgan fingerprint density at radius 1 is 1.37 bits per heavy atom. The molecule has 2 saturated carbocycles. The van der Waals surface area contributed by atoms with Crippen molar-refractivity contribution in [1.82, 2.24) is 15.1 Å². The lowest BCUT2D eigenvalue weighted by molar-refractivity contribution is 0.102. The van der Waals surface area contributed by atoms with Crippen molar-refractivity contribution < 1.29 is 19.1 Å². The number of carbonyl (C=O) groups excluding carboxylic acids is 1. The minimum atomic E-state index is -0.963. The van der Waals surface area contributed by atoms with Crippen LogP contribution in [-0.2, 0) is 0 Å². The van der Waals surface area contributed by atoms with E-state index < -0.39 is 17.8 Å². The Morgan fingerprint density at radius 3 is 2.78 bits per heavy atom. The van der Waals surface area contributed by atoms with E-state index in [9.17, 15) is 19.1 Å². The van der Waals surface area contributed by atoms with Gasteiger partial charge in [0.25, 0.3) is 5.91 Å². The molecule has 2 N–H and O–H groups in total. The molecule has 2 fully saturated rings. The van der Waals surface area contributed by atoms with Crippen LogP contribution in [0.4, 0.5) is 14.3 Å². The first-order chi connectivity index (χ1) is 12.9. The van der Waals surface area contributed by atoms with Gasteiger partial charge in [0.15, 0.2) is 0 Å². The maximum atomic E-state index is 14.3. The molecule has 0 unspecified atom stereocenters. The van der Waals surface area contributed by atoms with E-state index in [2.05, 4.69) is 15.5 Å². The van der Waals surface area contributed by atoms with Crippen molar-refractivity contribution in [2.24, 2.45) is 5.92 Å². The van der Waals surface area contributed by atoms with E-state index in [0.29, 0.717) is 35.1 Å². The molecule has 1 heterocycles. The standard InChI is InChI=1S/C18H19FN4O3S/c1-9-21-22-17(27-9)20-16(24)11-4-5-14(19)12(6-11)13-7-15(13)23(18(25)26)8-10-2-3-10/h4-6,10,13,15H,2-3,7-8H2,1H3,(H,25,26)(H,20,22,24)/t13-,15+/m0/s1. The highest BCUT2D eigenvalue weighted by atomic mass is 32.1. The molecule has 4 rings (SSSR count). The monoisotopic (exact) mass is 390 g/mol. The number of amides is 2. The fourth-order valence-electron chi connectivity index (χ4n) is 3.28. The van der Waals surface area contributed by atoms with Crippen LogP contribution in [0.2, 0.25) is 0 Å². The lowest BCUT2D eigenvalue weighted by atomic mass is 10.1. The van der Waals surface area contributed by atoms with Crippen LogP contribution >= 0.6 is 11.3 Å². The number of benzene rings is 1. The van der Waals surface area contributed by atoms with Gasteiger partial charge >= 0.3 is 6.09 Å². The summed E-state index contributed by atoms with van der Waals surface area (Å²) < 4.78 is 14.3. The number of halogens is 1. The molecule has 7 nitrogen and oxygen atoms in total. The van der Waals surface area contributed by atoms with E-state index in [0.717, 1.165) is 17.8 Å². The molecule has 0 saturated heterocycles. The SMILES string of the molecule is Cc1nnc(NC(=O)c2ccc(F)c([C@@H]3C[C@H]3N(CC3CC3)C(=O)O)c2)s1. The minimum absolute atomic E-state index is 0.212. The van der Waals surface area contributed by atoms with Crippen molar-refractivity contribution in [2.45, 2.75) is 38.1 Å². The number of rotatable bonds is 6. The predicted molar refractivity (Wildman–Crippen MR) is 97.6 cm³/mol. The Balaban J connectivity index is 1.49. The van der Waals surface area contributed by atoms with E-state index in [-0.39, 0.29) is 12.0 Å². The summed E-state index contributed by atoms with van der Waals surface area (Å²) in [5.41, 5.74) is 0.706. The molecule has 2 atom stereocenters. The van der Waals surface area contributed by atoms with Crippen molar-refractivity contribution in [2.75, 3.05) is 11.9 Å². The van der Waals surface area contributed by atoms with Crippen LogP contribution in [0, 0.1) is 18.7 Å². The van der Waals surface area contributed by atoms with Crippen molar-refractivity contribution in [1.29, 1.82) is 0 Å². The molecule has 27 heavy (non-hydrogen) atoms. The number of hydrogen-bond donors (Lipinski definition) is 2. The number of hydrogen-bond acceptors (Lipinski definition) is 5.